The van der Waals surface area contributed by atoms with E-state index in [9.17, 15) is 0 Å². The highest BCUT2D eigenvalue weighted by molar-refractivity contribution is 9.14. The molecule has 45 valence electrons. The van der Waals surface area contributed by atoms with E-state index in [1.165, 1.54) is 5.57 Å². The fraction of sp³-hybridized carbons (Fsp3) is 0.143. The molecule has 0 amide bonds. The van der Waals surface area contributed by atoms with Gasteiger partial charge in [0.2, 0.25) is 0 Å². The average molecular weight is 200 g/mol. The topological polar surface area (TPSA) is 0 Å². The van der Waals surface area contributed by atoms with Gasteiger partial charge in [0.15, 0.2) is 0 Å². The molecule has 0 saturated heterocycles. The van der Waals surface area contributed by atoms with Gasteiger partial charge in [-0.25, -0.2) is 0 Å². The van der Waals surface area contributed by atoms with E-state index in [1.807, 2.05) is 0 Å². The summed E-state index contributed by atoms with van der Waals surface area (Å²) < 4.78 is 1.13. The first-order valence-corrected chi connectivity index (χ1v) is 4.38. The summed E-state index contributed by atoms with van der Waals surface area (Å²) in [6, 6.07) is 0. The summed E-state index contributed by atoms with van der Waals surface area (Å²) in [5, 5.41) is 0.555. The van der Waals surface area contributed by atoms with Gasteiger partial charge in [-0.1, -0.05) is 18.2 Å². The van der Waals surface area contributed by atoms with Crippen molar-refractivity contribution in [3.05, 3.63) is 33.7 Å². The van der Waals surface area contributed by atoms with Crippen LogP contribution in [-0.2, 0) is 0 Å². The van der Waals surface area contributed by atoms with E-state index in [4.69, 9.17) is 0 Å². The number of rotatable bonds is 0. The molecular weight excluding hydrogens is 196 g/mol. The van der Waals surface area contributed by atoms with E-state index in [-0.39, 0.29) is 0 Å². The van der Waals surface area contributed by atoms with E-state index in [1.54, 1.807) is 11.8 Å². The van der Waals surface area contributed by atoms with Gasteiger partial charge in [0.1, 0.15) is 0 Å². The van der Waals surface area contributed by atoms with Crippen LogP contribution in [0.15, 0.2) is 27.6 Å². The Morgan fingerprint density at radius 1 is 1.67 bits per heavy atom. The molecule has 0 aromatic carbocycles. The van der Waals surface area contributed by atoms with Crippen LogP contribution in [0.5, 0.6) is 0 Å². The Labute approximate surface area is 66.8 Å². The van der Waals surface area contributed by atoms with Crippen LogP contribution in [0.25, 0.3) is 0 Å². The molecule has 9 heavy (non-hydrogen) atoms. The summed E-state index contributed by atoms with van der Waals surface area (Å²) in [5.41, 5.74) is 1.30. The average Bonchev–Trinajstić information content (AvgIpc) is 2.22. The maximum absolute atomic E-state index is 3.39. The van der Waals surface area contributed by atoms with E-state index < -0.39 is 0 Å². The molecular formula is C7H4BrS. The number of halogens is 1. The van der Waals surface area contributed by atoms with Crippen molar-refractivity contribution >= 4 is 27.7 Å². The molecule has 2 heteroatoms. The van der Waals surface area contributed by atoms with E-state index in [0.29, 0.717) is 5.25 Å². The zero-order valence-corrected chi connectivity index (χ0v) is 7.00. The number of hydrogen-bond donors (Lipinski definition) is 0. The lowest BCUT2D eigenvalue weighted by Crippen LogP contribution is -1.89. The minimum absolute atomic E-state index is 0.555. The van der Waals surface area contributed by atoms with Crippen LogP contribution in [-0.4, -0.2) is 5.25 Å². The predicted octanol–water partition coefficient (Wildman–Crippen LogP) is 2.64. The third kappa shape index (κ3) is 0.904. The van der Waals surface area contributed by atoms with Crippen LogP contribution in [0, 0.1) is 6.08 Å². The fourth-order valence-electron chi connectivity index (χ4n) is 0.929. The summed E-state index contributed by atoms with van der Waals surface area (Å²) in [6.45, 7) is 0. The van der Waals surface area contributed by atoms with Crippen molar-refractivity contribution in [3.63, 3.8) is 0 Å². The van der Waals surface area contributed by atoms with Gasteiger partial charge in [-0.05, 0) is 21.5 Å². The molecule has 0 aromatic rings. The molecule has 0 nitrogen and oxygen atoms in total. The van der Waals surface area contributed by atoms with Crippen LogP contribution in [0.3, 0.4) is 0 Å². The molecule has 0 fully saturated rings. The molecule has 0 spiro atoms. The molecule has 1 heterocycles. The van der Waals surface area contributed by atoms with Crippen molar-refractivity contribution in [3.8, 4) is 0 Å². The van der Waals surface area contributed by atoms with Crippen LogP contribution in [0.2, 0.25) is 0 Å². The SMILES string of the molecule is BrC1=[C]C2=CC=CC2S1. The minimum Gasteiger partial charge on any atom is -0.106 e. The maximum Gasteiger partial charge on any atom is 0.0594 e. The van der Waals surface area contributed by atoms with Crippen molar-refractivity contribution in [1.82, 2.24) is 0 Å². The van der Waals surface area contributed by atoms with Crippen LogP contribution in [0.4, 0.5) is 0 Å². The molecule has 2 aliphatic rings. The van der Waals surface area contributed by atoms with Gasteiger partial charge in [0.25, 0.3) is 0 Å². The summed E-state index contributed by atoms with van der Waals surface area (Å²) in [4.78, 5) is 0. The highest BCUT2D eigenvalue weighted by Gasteiger charge is 2.21. The monoisotopic (exact) mass is 199 g/mol. The molecule has 1 aliphatic heterocycles. The highest BCUT2D eigenvalue weighted by atomic mass is 79.9. The van der Waals surface area contributed by atoms with Crippen LogP contribution in [0.1, 0.15) is 0 Å². The lowest BCUT2D eigenvalue weighted by atomic mass is 10.2. The molecule has 1 atom stereocenters. The third-order valence-corrected chi connectivity index (χ3v) is 3.07. The van der Waals surface area contributed by atoms with Gasteiger partial charge in [-0.2, -0.15) is 0 Å². The Morgan fingerprint density at radius 2 is 2.56 bits per heavy atom. The molecule has 0 bridgehead atoms. The van der Waals surface area contributed by atoms with Gasteiger partial charge in [0.05, 0.1) is 9.06 Å². The van der Waals surface area contributed by atoms with E-state index in [2.05, 4.69) is 40.2 Å². The number of hydrogen-bond acceptors (Lipinski definition) is 1. The predicted molar refractivity (Wildman–Crippen MR) is 44.3 cm³/mol. The van der Waals surface area contributed by atoms with Gasteiger partial charge >= 0.3 is 0 Å². The summed E-state index contributed by atoms with van der Waals surface area (Å²) in [6.07, 6.45) is 9.58. The van der Waals surface area contributed by atoms with Gasteiger partial charge in [-0.15, -0.1) is 11.8 Å². The minimum atomic E-state index is 0.555. The second kappa shape index (κ2) is 2.03. The summed E-state index contributed by atoms with van der Waals surface area (Å²) in [7, 11) is 0. The number of allylic oxidation sites excluding steroid dienone is 3. The van der Waals surface area contributed by atoms with Crippen molar-refractivity contribution in [1.29, 1.82) is 0 Å². The Hall–Kier alpha value is 0.0500. The second-order valence-electron chi connectivity index (χ2n) is 1.94. The van der Waals surface area contributed by atoms with Crippen LogP contribution < -0.4 is 0 Å². The molecule has 1 radical (unpaired) electrons. The lowest BCUT2D eigenvalue weighted by Gasteiger charge is -1.96. The quantitative estimate of drug-likeness (QED) is 0.579. The Balaban J connectivity index is 2.35. The normalized spacial score (nSPS) is 30.1. The first-order valence-electron chi connectivity index (χ1n) is 2.71. The number of fused-ring (bicyclic) bond motifs is 1. The van der Waals surface area contributed by atoms with Gasteiger partial charge in [0, 0.05) is 6.08 Å². The van der Waals surface area contributed by atoms with Gasteiger partial charge in [-0.3, -0.25) is 0 Å². The van der Waals surface area contributed by atoms with E-state index >= 15 is 0 Å². The smallest absolute Gasteiger partial charge is 0.0594 e. The highest BCUT2D eigenvalue weighted by Crippen LogP contribution is 2.41. The molecule has 2 rings (SSSR count). The Bertz CT molecular complexity index is 222. The Kier molecular flexibility index (Phi) is 1.31. The van der Waals surface area contributed by atoms with Gasteiger partial charge < -0.3 is 0 Å². The molecule has 0 saturated carbocycles. The number of thioether (sulfide) groups is 1. The summed E-state index contributed by atoms with van der Waals surface area (Å²) in [5.74, 6) is 0. The molecule has 0 N–H and O–H groups in total. The fourth-order valence-corrected chi connectivity index (χ4v) is 2.60. The maximum atomic E-state index is 3.39. The van der Waals surface area contributed by atoms with Crippen molar-refractivity contribution < 1.29 is 0 Å². The lowest BCUT2D eigenvalue weighted by molar-refractivity contribution is 1.37. The molecule has 0 aromatic heterocycles. The van der Waals surface area contributed by atoms with Crippen LogP contribution >= 0.6 is 27.7 Å². The molecule has 1 aliphatic carbocycles. The molecule has 1 unspecified atom stereocenters. The Morgan fingerprint density at radius 3 is 3.33 bits per heavy atom. The summed E-state index contributed by atoms with van der Waals surface area (Å²) >= 11 is 5.19. The third-order valence-electron chi connectivity index (χ3n) is 1.34. The largest absolute Gasteiger partial charge is 0.106 e. The standard InChI is InChI=1S/C7H4BrS/c8-7-4-5-2-1-3-6(5)9-7/h1-3,6H. The van der Waals surface area contributed by atoms with E-state index in [0.717, 1.165) is 3.81 Å². The first-order chi connectivity index (χ1) is 4.36. The van der Waals surface area contributed by atoms with Crippen molar-refractivity contribution in [2.24, 2.45) is 0 Å². The zero-order valence-electron chi connectivity index (χ0n) is 4.60. The van der Waals surface area contributed by atoms with Crippen molar-refractivity contribution in [2.75, 3.05) is 0 Å². The zero-order chi connectivity index (χ0) is 6.27. The first kappa shape index (κ1) is 5.81. The second-order valence-corrected chi connectivity index (χ2v) is 4.41. The van der Waals surface area contributed by atoms with Crippen molar-refractivity contribution in [2.45, 2.75) is 5.25 Å².